The normalized spacial score (nSPS) is 9.41. The molecule has 1 N–H and O–H groups in total. The molecule has 90 valence electrons. The van der Waals surface area contributed by atoms with Crippen molar-refractivity contribution in [1.82, 2.24) is 15.1 Å². The van der Waals surface area contributed by atoms with E-state index in [1.807, 2.05) is 0 Å². The van der Waals surface area contributed by atoms with E-state index in [-0.39, 0.29) is 13.1 Å². The molecule has 1 heterocycles. The summed E-state index contributed by atoms with van der Waals surface area (Å²) in [6.45, 7) is 7.61. The summed E-state index contributed by atoms with van der Waals surface area (Å²) < 4.78 is 0. The van der Waals surface area contributed by atoms with Gasteiger partial charge >= 0.3 is 11.8 Å². The third kappa shape index (κ3) is 3.80. The number of nitrogens with zero attached hydrogens (tertiary/aromatic N) is 3. The first-order chi connectivity index (χ1) is 8.19. The number of rotatable bonds is 5. The summed E-state index contributed by atoms with van der Waals surface area (Å²) in [5, 5.41) is 9.82. The van der Waals surface area contributed by atoms with Gasteiger partial charge in [0.1, 0.15) is 5.51 Å². The maximum atomic E-state index is 11.7. The highest BCUT2D eigenvalue weighted by Crippen LogP contribution is 2.08. The highest BCUT2D eigenvalue weighted by Gasteiger charge is 2.20. The molecule has 0 saturated heterocycles. The van der Waals surface area contributed by atoms with Crippen LogP contribution in [0.5, 0.6) is 0 Å². The van der Waals surface area contributed by atoms with Crippen LogP contribution in [-0.4, -0.2) is 40.0 Å². The van der Waals surface area contributed by atoms with Crippen molar-refractivity contribution in [2.45, 2.75) is 0 Å². The van der Waals surface area contributed by atoms with Crippen LogP contribution in [0.1, 0.15) is 0 Å². The van der Waals surface area contributed by atoms with Crippen LogP contribution < -0.4 is 5.32 Å². The summed E-state index contributed by atoms with van der Waals surface area (Å²) in [5.41, 5.74) is 1.46. The lowest BCUT2D eigenvalue weighted by Crippen LogP contribution is -2.39. The van der Waals surface area contributed by atoms with Crippen molar-refractivity contribution in [1.29, 1.82) is 0 Å². The molecule has 0 aliphatic carbocycles. The minimum Gasteiger partial charge on any atom is -0.327 e. The molecule has 0 aliphatic rings. The molecule has 0 radical (unpaired) electrons. The standard InChI is InChI=1S/C10H12N4O2S/c1-3-5-14(6-4-2)9(16)8(15)12-10-13-11-7-17-10/h3-4,7H,1-2,5-6H2,(H,12,13,15). The Labute approximate surface area is 103 Å². The summed E-state index contributed by atoms with van der Waals surface area (Å²) in [4.78, 5) is 24.6. The van der Waals surface area contributed by atoms with E-state index in [2.05, 4.69) is 28.7 Å². The molecule has 1 rings (SSSR count). The van der Waals surface area contributed by atoms with Crippen molar-refractivity contribution in [2.75, 3.05) is 18.4 Å². The Morgan fingerprint density at radius 2 is 2.06 bits per heavy atom. The second kappa shape index (κ2) is 6.54. The maximum Gasteiger partial charge on any atom is 0.315 e. The number of amides is 2. The van der Waals surface area contributed by atoms with Gasteiger partial charge in [0.15, 0.2) is 0 Å². The van der Waals surface area contributed by atoms with Crippen LogP contribution in [0.2, 0.25) is 0 Å². The highest BCUT2D eigenvalue weighted by molar-refractivity contribution is 7.13. The zero-order valence-electron chi connectivity index (χ0n) is 9.13. The number of hydrogen-bond acceptors (Lipinski definition) is 5. The second-order valence-corrected chi connectivity index (χ2v) is 3.82. The largest absolute Gasteiger partial charge is 0.327 e. The molecule has 0 bridgehead atoms. The van der Waals surface area contributed by atoms with Gasteiger partial charge in [0.2, 0.25) is 5.13 Å². The van der Waals surface area contributed by atoms with Crippen LogP contribution in [0.4, 0.5) is 5.13 Å². The number of aromatic nitrogens is 2. The van der Waals surface area contributed by atoms with Gasteiger partial charge in [-0.3, -0.25) is 14.9 Å². The Morgan fingerprint density at radius 3 is 2.53 bits per heavy atom. The van der Waals surface area contributed by atoms with Crippen molar-refractivity contribution in [3.8, 4) is 0 Å². The van der Waals surface area contributed by atoms with Crippen LogP contribution in [0.25, 0.3) is 0 Å². The lowest BCUT2D eigenvalue weighted by atomic mass is 10.4. The zero-order valence-corrected chi connectivity index (χ0v) is 9.94. The van der Waals surface area contributed by atoms with Crippen LogP contribution in [-0.2, 0) is 9.59 Å². The van der Waals surface area contributed by atoms with E-state index in [0.29, 0.717) is 5.13 Å². The molecule has 0 aromatic carbocycles. The smallest absolute Gasteiger partial charge is 0.315 e. The summed E-state index contributed by atoms with van der Waals surface area (Å²) in [5.74, 6) is -1.40. The van der Waals surface area contributed by atoms with E-state index in [1.54, 1.807) is 12.2 Å². The van der Waals surface area contributed by atoms with Crippen LogP contribution in [0, 0.1) is 0 Å². The van der Waals surface area contributed by atoms with E-state index in [0.717, 1.165) is 11.3 Å². The minimum absolute atomic E-state index is 0.286. The summed E-state index contributed by atoms with van der Waals surface area (Å²) >= 11 is 1.14. The van der Waals surface area contributed by atoms with Crippen LogP contribution >= 0.6 is 11.3 Å². The third-order valence-electron chi connectivity index (χ3n) is 1.76. The summed E-state index contributed by atoms with van der Waals surface area (Å²) in [6.07, 6.45) is 3.08. The fourth-order valence-corrected chi connectivity index (χ4v) is 1.51. The number of nitrogens with one attached hydrogen (secondary N) is 1. The number of carbonyl (C=O) groups is 2. The molecule has 7 heteroatoms. The first-order valence-electron chi connectivity index (χ1n) is 4.77. The molecule has 17 heavy (non-hydrogen) atoms. The van der Waals surface area contributed by atoms with Gasteiger partial charge in [-0.1, -0.05) is 23.5 Å². The molecule has 1 aromatic rings. The quantitative estimate of drug-likeness (QED) is 0.617. The van der Waals surface area contributed by atoms with E-state index in [9.17, 15) is 9.59 Å². The lowest BCUT2D eigenvalue weighted by molar-refractivity contribution is -0.142. The van der Waals surface area contributed by atoms with Gasteiger partial charge in [-0.25, -0.2) is 0 Å². The first kappa shape index (κ1) is 13.0. The molecule has 0 atom stereocenters. The first-order valence-corrected chi connectivity index (χ1v) is 5.65. The average molecular weight is 252 g/mol. The van der Waals surface area contributed by atoms with Gasteiger partial charge in [-0.2, -0.15) is 0 Å². The van der Waals surface area contributed by atoms with E-state index >= 15 is 0 Å². The van der Waals surface area contributed by atoms with Gasteiger partial charge in [-0.15, -0.1) is 23.4 Å². The molecule has 0 spiro atoms. The van der Waals surface area contributed by atoms with Crippen LogP contribution in [0.3, 0.4) is 0 Å². The molecule has 0 aliphatic heterocycles. The number of hydrogen-bond donors (Lipinski definition) is 1. The molecular weight excluding hydrogens is 240 g/mol. The lowest BCUT2D eigenvalue weighted by Gasteiger charge is -2.17. The Bertz CT molecular complexity index is 406. The van der Waals surface area contributed by atoms with E-state index < -0.39 is 11.8 Å². The average Bonchev–Trinajstić information content (AvgIpc) is 2.80. The Hall–Kier alpha value is -2.02. The van der Waals surface area contributed by atoms with Crippen molar-refractivity contribution < 1.29 is 9.59 Å². The van der Waals surface area contributed by atoms with Crippen molar-refractivity contribution in [2.24, 2.45) is 0 Å². The molecule has 0 fully saturated rings. The van der Waals surface area contributed by atoms with Crippen molar-refractivity contribution >= 4 is 28.3 Å². The predicted molar refractivity (Wildman–Crippen MR) is 65.5 cm³/mol. The summed E-state index contributed by atoms with van der Waals surface area (Å²) in [6, 6.07) is 0. The minimum atomic E-state index is -0.745. The second-order valence-electron chi connectivity index (χ2n) is 2.99. The molecular formula is C10H12N4O2S. The van der Waals surface area contributed by atoms with Gasteiger partial charge < -0.3 is 4.90 Å². The zero-order chi connectivity index (χ0) is 12.7. The number of anilines is 1. The van der Waals surface area contributed by atoms with Gasteiger partial charge in [0.05, 0.1) is 0 Å². The Morgan fingerprint density at radius 1 is 1.41 bits per heavy atom. The molecule has 0 unspecified atom stereocenters. The van der Waals surface area contributed by atoms with Gasteiger partial charge in [-0.05, 0) is 0 Å². The fourth-order valence-electron chi connectivity index (χ4n) is 1.07. The van der Waals surface area contributed by atoms with Gasteiger partial charge in [0.25, 0.3) is 0 Å². The molecule has 1 aromatic heterocycles. The molecule has 2 amide bonds. The van der Waals surface area contributed by atoms with Crippen molar-refractivity contribution in [3.63, 3.8) is 0 Å². The number of carbonyl (C=O) groups excluding carboxylic acids is 2. The highest BCUT2D eigenvalue weighted by atomic mass is 32.1. The molecule has 0 saturated carbocycles. The topological polar surface area (TPSA) is 75.2 Å². The SMILES string of the molecule is C=CCN(CC=C)C(=O)C(=O)Nc1nncs1. The van der Waals surface area contributed by atoms with Gasteiger partial charge in [0, 0.05) is 13.1 Å². The molecule has 6 nitrogen and oxygen atoms in total. The van der Waals surface area contributed by atoms with Crippen molar-refractivity contribution in [3.05, 3.63) is 30.8 Å². The maximum absolute atomic E-state index is 11.7. The van der Waals surface area contributed by atoms with E-state index in [1.165, 1.54) is 10.4 Å². The third-order valence-corrected chi connectivity index (χ3v) is 2.37. The van der Waals surface area contributed by atoms with Crippen LogP contribution in [0.15, 0.2) is 30.8 Å². The summed E-state index contributed by atoms with van der Waals surface area (Å²) in [7, 11) is 0. The monoisotopic (exact) mass is 252 g/mol. The Balaban J connectivity index is 2.63. The predicted octanol–water partition coefficient (Wildman–Crippen LogP) is 0.677. The fraction of sp³-hybridized carbons (Fsp3) is 0.200. The van der Waals surface area contributed by atoms with E-state index in [4.69, 9.17) is 0 Å². The Kier molecular flexibility index (Phi) is 5.02.